The number of hydrogen-bond acceptors (Lipinski definition) is 1. The molecule has 8 aromatic rings. The molecule has 212 valence electrons. The van der Waals surface area contributed by atoms with Crippen molar-refractivity contribution in [3.05, 3.63) is 180 Å². The van der Waals surface area contributed by atoms with Crippen molar-refractivity contribution < 1.29 is 0 Å². The van der Waals surface area contributed by atoms with Crippen molar-refractivity contribution in [3.8, 4) is 44.5 Å². The number of benzene rings is 8. The van der Waals surface area contributed by atoms with Gasteiger partial charge in [-0.25, -0.2) is 0 Å². The Balaban J connectivity index is 1.23. The lowest BCUT2D eigenvalue weighted by Gasteiger charge is -2.32. The monoisotopic (exact) mass is 598 g/mol. The lowest BCUT2D eigenvalue weighted by atomic mass is 9.68. The topological polar surface area (TPSA) is 0 Å². The molecule has 3 aliphatic rings. The van der Waals surface area contributed by atoms with E-state index in [0.717, 1.165) is 0 Å². The van der Waals surface area contributed by atoms with E-state index < -0.39 is 5.41 Å². The lowest BCUT2D eigenvalue weighted by Crippen LogP contribution is -2.26. The molecular formula is C45H26S. The van der Waals surface area contributed by atoms with E-state index in [1.807, 2.05) is 11.8 Å². The van der Waals surface area contributed by atoms with Gasteiger partial charge in [-0.05, 0) is 95.1 Å². The summed E-state index contributed by atoms with van der Waals surface area (Å²) in [6, 6.07) is 59.4. The first-order chi connectivity index (χ1) is 22.8. The highest BCUT2D eigenvalue weighted by atomic mass is 32.2. The van der Waals surface area contributed by atoms with Crippen LogP contribution in [0, 0.1) is 0 Å². The van der Waals surface area contributed by atoms with Gasteiger partial charge in [-0.3, -0.25) is 0 Å². The maximum absolute atomic E-state index is 2.45. The van der Waals surface area contributed by atoms with Gasteiger partial charge in [-0.2, -0.15) is 0 Å². The summed E-state index contributed by atoms with van der Waals surface area (Å²) in [4.78, 5) is 2.66. The highest BCUT2D eigenvalue weighted by molar-refractivity contribution is 7.99. The van der Waals surface area contributed by atoms with Gasteiger partial charge in [0.1, 0.15) is 0 Å². The molecule has 0 bridgehead atoms. The van der Waals surface area contributed by atoms with Crippen LogP contribution < -0.4 is 0 Å². The highest BCUT2D eigenvalue weighted by Crippen LogP contribution is 2.65. The summed E-state index contributed by atoms with van der Waals surface area (Å²) in [6.45, 7) is 0. The van der Waals surface area contributed by atoms with E-state index in [-0.39, 0.29) is 0 Å². The van der Waals surface area contributed by atoms with E-state index in [1.165, 1.54) is 98.1 Å². The van der Waals surface area contributed by atoms with E-state index >= 15 is 0 Å². The van der Waals surface area contributed by atoms with Gasteiger partial charge >= 0.3 is 0 Å². The highest BCUT2D eigenvalue weighted by Gasteiger charge is 2.53. The zero-order valence-electron chi connectivity index (χ0n) is 24.9. The predicted molar refractivity (Wildman–Crippen MR) is 193 cm³/mol. The molecule has 0 N–H and O–H groups in total. The Hall–Kier alpha value is -5.37. The molecule has 46 heavy (non-hydrogen) atoms. The van der Waals surface area contributed by atoms with Gasteiger partial charge < -0.3 is 0 Å². The molecule has 1 heteroatoms. The lowest BCUT2D eigenvalue weighted by molar-refractivity contribution is 0.796. The van der Waals surface area contributed by atoms with E-state index in [2.05, 4.69) is 158 Å². The van der Waals surface area contributed by atoms with Crippen LogP contribution in [0.15, 0.2) is 168 Å². The quantitative estimate of drug-likeness (QED) is 0.181. The normalized spacial score (nSPS) is 16.3. The van der Waals surface area contributed by atoms with Crippen molar-refractivity contribution in [1.82, 2.24) is 0 Å². The zero-order chi connectivity index (χ0) is 30.0. The number of fused-ring (bicyclic) bond motifs is 14. The van der Waals surface area contributed by atoms with Crippen molar-refractivity contribution in [3.63, 3.8) is 0 Å². The average molecular weight is 599 g/mol. The Labute approximate surface area is 272 Å². The maximum atomic E-state index is 2.45. The number of hydrogen-bond donors (Lipinski definition) is 0. The van der Waals surface area contributed by atoms with E-state index in [0.29, 0.717) is 0 Å². The minimum absolute atomic E-state index is 0.403. The summed E-state index contributed by atoms with van der Waals surface area (Å²) in [5.74, 6) is 0. The van der Waals surface area contributed by atoms with Gasteiger partial charge in [0, 0.05) is 15.2 Å². The molecule has 0 saturated heterocycles. The third-order valence-electron chi connectivity index (χ3n) is 10.7. The molecule has 11 rings (SSSR count). The summed E-state index contributed by atoms with van der Waals surface area (Å²) in [7, 11) is 0. The third-order valence-corrected chi connectivity index (χ3v) is 11.8. The van der Waals surface area contributed by atoms with Crippen LogP contribution in [-0.4, -0.2) is 0 Å². The van der Waals surface area contributed by atoms with E-state index in [4.69, 9.17) is 0 Å². The molecule has 0 nitrogen and oxygen atoms in total. The Morgan fingerprint density at radius 2 is 1.07 bits per heavy atom. The van der Waals surface area contributed by atoms with Crippen LogP contribution in [0.2, 0.25) is 0 Å². The first-order valence-electron chi connectivity index (χ1n) is 16.0. The zero-order valence-corrected chi connectivity index (χ0v) is 25.7. The van der Waals surface area contributed by atoms with Gasteiger partial charge in [0.15, 0.2) is 0 Å². The largest absolute Gasteiger partial charge is 0.0888 e. The fourth-order valence-electron chi connectivity index (χ4n) is 8.94. The van der Waals surface area contributed by atoms with E-state index in [1.54, 1.807) is 0 Å². The fraction of sp³-hybridized carbons (Fsp3) is 0.0222. The second-order valence-corrected chi connectivity index (χ2v) is 13.8. The van der Waals surface area contributed by atoms with Crippen LogP contribution in [0.4, 0.5) is 0 Å². The average Bonchev–Trinajstić information content (AvgIpc) is 3.59. The third kappa shape index (κ3) is 2.97. The molecule has 8 aromatic carbocycles. The minimum atomic E-state index is -0.403. The van der Waals surface area contributed by atoms with Gasteiger partial charge in [0.05, 0.1) is 5.41 Å². The molecule has 0 amide bonds. The van der Waals surface area contributed by atoms with E-state index in [9.17, 15) is 0 Å². The molecule has 1 aliphatic heterocycles. The summed E-state index contributed by atoms with van der Waals surface area (Å²) in [5.41, 5.74) is 15.8. The van der Waals surface area contributed by atoms with Crippen LogP contribution in [0.5, 0.6) is 0 Å². The first-order valence-corrected chi connectivity index (χ1v) is 16.8. The van der Waals surface area contributed by atoms with Gasteiger partial charge in [0.2, 0.25) is 0 Å². The molecule has 1 heterocycles. The first kappa shape index (κ1) is 24.9. The Bertz CT molecular complexity index is 2620. The second kappa shape index (κ2) is 8.88. The minimum Gasteiger partial charge on any atom is -0.0888 e. The van der Waals surface area contributed by atoms with Crippen LogP contribution in [0.1, 0.15) is 22.3 Å². The van der Waals surface area contributed by atoms with Crippen LogP contribution >= 0.6 is 11.8 Å². The molecule has 1 atom stereocenters. The van der Waals surface area contributed by atoms with Gasteiger partial charge in [0.25, 0.3) is 0 Å². The van der Waals surface area contributed by atoms with Crippen molar-refractivity contribution in [2.24, 2.45) is 0 Å². The summed E-state index contributed by atoms with van der Waals surface area (Å²) < 4.78 is 0. The molecule has 0 aromatic heterocycles. The molecule has 0 fully saturated rings. The molecule has 1 spiro atoms. The molecular weight excluding hydrogens is 573 g/mol. The van der Waals surface area contributed by atoms with Crippen molar-refractivity contribution in [2.45, 2.75) is 15.2 Å². The van der Waals surface area contributed by atoms with Gasteiger partial charge in [-0.1, -0.05) is 157 Å². The van der Waals surface area contributed by atoms with Crippen molar-refractivity contribution in [2.75, 3.05) is 0 Å². The van der Waals surface area contributed by atoms with Crippen LogP contribution in [0.25, 0.3) is 66.1 Å². The van der Waals surface area contributed by atoms with Crippen molar-refractivity contribution in [1.29, 1.82) is 0 Å². The van der Waals surface area contributed by atoms with Crippen LogP contribution in [0.3, 0.4) is 0 Å². The fourth-order valence-corrected chi connectivity index (χ4v) is 10.1. The molecule has 0 radical (unpaired) electrons. The Kier molecular flexibility index (Phi) is 4.80. The standard InChI is InChI=1S/C45H26S/c1-2-13-30-27(10-1)23-25-39-43(30)36-15-4-6-20-38(36)45(39)37-19-5-3-14-32(37)35-18-9-16-31(44(35)45)29-22-24-33-34-17-7-11-28-12-8-21-40(42(28)34)46-41(33)26-29/h1-26H. The summed E-state index contributed by atoms with van der Waals surface area (Å²) >= 11 is 1.91. The molecule has 1 unspecified atom stereocenters. The summed E-state index contributed by atoms with van der Waals surface area (Å²) in [6.07, 6.45) is 0. The molecule has 2 aliphatic carbocycles. The predicted octanol–water partition coefficient (Wildman–Crippen LogP) is 12.1. The Morgan fingerprint density at radius 1 is 0.391 bits per heavy atom. The smallest absolute Gasteiger partial charge is 0.0731 e. The van der Waals surface area contributed by atoms with Gasteiger partial charge in [-0.15, -0.1) is 0 Å². The maximum Gasteiger partial charge on any atom is 0.0731 e. The number of rotatable bonds is 1. The summed E-state index contributed by atoms with van der Waals surface area (Å²) in [5, 5.41) is 5.29. The molecule has 0 saturated carbocycles. The van der Waals surface area contributed by atoms with Crippen LogP contribution in [-0.2, 0) is 5.41 Å². The van der Waals surface area contributed by atoms with Crippen molar-refractivity contribution >= 4 is 33.3 Å². The second-order valence-electron chi connectivity index (χ2n) is 12.8. The Morgan fingerprint density at radius 3 is 1.98 bits per heavy atom. The SMILES string of the molecule is c1ccc2c(c1)-c1cccc(-c3ccc4c(c3)Sc3cccc5cccc-4c35)c1C21c2ccccc2-c2c1ccc1ccccc21.